The summed E-state index contributed by atoms with van der Waals surface area (Å²) in [4.78, 5) is 4.36. The second-order valence-corrected chi connectivity index (χ2v) is 9.04. The standard InChI is InChI=1S/C23H23FN4O4S/c1-25-12-15-14-28(33(29,30)19-6-4-5-16(24)9-19)21-10-17(13-26-23(15)21)27-20-8-7-18(31-2)11-22(20)32-3/h4-11,13-14,25,27H,12H2,1-3H3. The first kappa shape index (κ1) is 22.6. The van der Waals surface area contributed by atoms with Crippen LogP contribution in [0.3, 0.4) is 0 Å². The highest BCUT2D eigenvalue weighted by atomic mass is 32.2. The number of benzene rings is 2. The lowest BCUT2D eigenvalue weighted by molar-refractivity contribution is 0.395. The third-order valence-electron chi connectivity index (χ3n) is 5.09. The van der Waals surface area contributed by atoms with Crippen LogP contribution in [0.25, 0.3) is 11.0 Å². The van der Waals surface area contributed by atoms with Crippen molar-refractivity contribution in [3.63, 3.8) is 0 Å². The number of hydrogen-bond acceptors (Lipinski definition) is 7. The molecule has 0 atom stereocenters. The molecule has 4 aromatic rings. The molecular formula is C23H23FN4O4S. The second kappa shape index (κ2) is 9.08. The number of rotatable bonds is 8. The Morgan fingerprint density at radius 3 is 2.61 bits per heavy atom. The van der Waals surface area contributed by atoms with E-state index in [-0.39, 0.29) is 4.90 Å². The number of nitrogens with zero attached hydrogens (tertiary/aromatic N) is 2. The van der Waals surface area contributed by atoms with Gasteiger partial charge in [0, 0.05) is 24.4 Å². The van der Waals surface area contributed by atoms with Crippen molar-refractivity contribution >= 4 is 32.4 Å². The first-order valence-corrected chi connectivity index (χ1v) is 11.5. The molecule has 0 aliphatic rings. The maximum Gasteiger partial charge on any atom is 0.268 e. The van der Waals surface area contributed by atoms with Crippen LogP contribution in [-0.4, -0.2) is 38.6 Å². The average molecular weight is 471 g/mol. The van der Waals surface area contributed by atoms with Gasteiger partial charge in [0.25, 0.3) is 10.0 Å². The molecule has 0 aliphatic carbocycles. The van der Waals surface area contributed by atoms with Gasteiger partial charge >= 0.3 is 0 Å². The minimum absolute atomic E-state index is 0.148. The predicted octanol–water partition coefficient (Wildman–Crippen LogP) is 3.89. The van der Waals surface area contributed by atoms with Crippen LogP contribution in [-0.2, 0) is 16.6 Å². The molecule has 0 aliphatic heterocycles. The van der Waals surface area contributed by atoms with E-state index < -0.39 is 15.8 Å². The molecule has 0 bridgehead atoms. The fourth-order valence-corrected chi connectivity index (χ4v) is 4.93. The summed E-state index contributed by atoms with van der Waals surface area (Å²) in [5, 5.41) is 6.23. The fraction of sp³-hybridized carbons (Fsp3) is 0.174. The van der Waals surface area contributed by atoms with Gasteiger partial charge in [0.15, 0.2) is 0 Å². The molecule has 0 saturated carbocycles. The lowest BCUT2D eigenvalue weighted by atomic mass is 10.2. The molecule has 2 aromatic heterocycles. The van der Waals surface area contributed by atoms with Gasteiger partial charge in [-0.05, 0) is 43.4 Å². The molecule has 0 radical (unpaired) electrons. The lowest BCUT2D eigenvalue weighted by Gasteiger charge is -2.13. The van der Waals surface area contributed by atoms with Crippen LogP contribution in [0, 0.1) is 5.82 Å². The molecule has 33 heavy (non-hydrogen) atoms. The smallest absolute Gasteiger partial charge is 0.268 e. The number of ether oxygens (including phenoxy) is 2. The van der Waals surface area contributed by atoms with Crippen molar-refractivity contribution in [1.29, 1.82) is 0 Å². The topological polar surface area (TPSA) is 94.5 Å². The summed E-state index contributed by atoms with van der Waals surface area (Å²) in [7, 11) is 0.812. The van der Waals surface area contributed by atoms with Crippen LogP contribution in [0.4, 0.5) is 15.8 Å². The van der Waals surface area contributed by atoms with Crippen molar-refractivity contribution in [3.05, 3.63) is 72.3 Å². The third-order valence-corrected chi connectivity index (χ3v) is 6.76. The van der Waals surface area contributed by atoms with Gasteiger partial charge in [-0.3, -0.25) is 4.98 Å². The molecule has 0 saturated heterocycles. The number of methoxy groups -OCH3 is 2. The third kappa shape index (κ3) is 4.35. The zero-order chi connectivity index (χ0) is 23.6. The molecule has 4 rings (SSSR count). The summed E-state index contributed by atoms with van der Waals surface area (Å²) < 4.78 is 52.2. The van der Waals surface area contributed by atoms with Gasteiger partial charge in [-0.15, -0.1) is 0 Å². The number of aromatic nitrogens is 2. The van der Waals surface area contributed by atoms with Crippen LogP contribution in [0.5, 0.6) is 11.5 Å². The van der Waals surface area contributed by atoms with E-state index >= 15 is 0 Å². The van der Waals surface area contributed by atoms with Gasteiger partial charge in [0.2, 0.25) is 0 Å². The highest BCUT2D eigenvalue weighted by Crippen LogP contribution is 2.33. The van der Waals surface area contributed by atoms with Gasteiger partial charge in [0.05, 0.1) is 47.7 Å². The number of hydrogen-bond donors (Lipinski definition) is 2. The van der Waals surface area contributed by atoms with Crippen LogP contribution in [0.15, 0.2) is 65.8 Å². The second-order valence-electron chi connectivity index (χ2n) is 7.23. The van der Waals surface area contributed by atoms with Crippen molar-refractivity contribution in [3.8, 4) is 11.5 Å². The Balaban J connectivity index is 1.83. The van der Waals surface area contributed by atoms with Gasteiger partial charge in [-0.2, -0.15) is 0 Å². The average Bonchev–Trinajstić information content (AvgIpc) is 3.18. The SMILES string of the molecule is CNCc1cn(S(=O)(=O)c2cccc(F)c2)c2cc(Nc3ccc(OC)cc3OC)cnc12. The van der Waals surface area contributed by atoms with Crippen LogP contribution >= 0.6 is 0 Å². The summed E-state index contributed by atoms with van der Waals surface area (Å²) in [6.45, 7) is 0.411. The molecule has 0 spiro atoms. The van der Waals surface area contributed by atoms with Crippen molar-refractivity contribution in [2.24, 2.45) is 0 Å². The fourth-order valence-electron chi connectivity index (χ4n) is 3.53. The van der Waals surface area contributed by atoms with Crippen LogP contribution in [0.2, 0.25) is 0 Å². The molecule has 172 valence electrons. The Morgan fingerprint density at radius 2 is 1.91 bits per heavy atom. The number of anilines is 2. The molecule has 0 fully saturated rings. The van der Waals surface area contributed by atoms with Gasteiger partial charge in [-0.25, -0.2) is 16.8 Å². The zero-order valence-electron chi connectivity index (χ0n) is 18.3. The molecule has 2 aromatic carbocycles. The van der Waals surface area contributed by atoms with E-state index in [0.717, 1.165) is 10.0 Å². The monoisotopic (exact) mass is 470 g/mol. The van der Waals surface area contributed by atoms with Gasteiger partial charge in [0.1, 0.15) is 17.3 Å². The van der Waals surface area contributed by atoms with Crippen molar-refractivity contribution in [2.75, 3.05) is 26.6 Å². The Morgan fingerprint density at radius 1 is 1.09 bits per heavy atom. The van der Waals surface area contributed by atoms with Crippen molar-refractivity contribution in [1.82, 2.24) is 14.3 Å². The first-order valence-electron chi connectivity index (χ1n) is 10.0. The highest BCUT2D eigenvalue weighted by Gasteiger charge is 2.23. The number of halogens is 1. The molecule has 0 amide bonds. The van der Waals surface area contributed by atoms with Crippen LogP contribution in [0.1, 0.15) is 5.56 Å². The van der Waals surface area contributed by atoms with E-state index in [1.165, 1.54) is 24.4 Å². The quantitative estimate of drug-likeness (QED) is 0.403. The van der Waals surface area contributed by atoms with Crippen LogP contribution < -0.4 is 20.1 Å². The number of fused-ring (bicyclic) bond motifs is 1. The van der Waals surface area contributed by atoms with E-state index in [4.69, 9.17) is 9.47 Å². The normalized spacial score (nSPS) is 11.5. The lowest BCUT2D eigenvalue weighted by Crippen LogP contribution is -2.12. The molecule has 8 nitrogen and oxygen atoms in total. The summed E-state index contributed by atoms with van der Waals surface area (Å²) in [6, 6.07) is 11.9. The van der Waals surface area contributed by atoms with Crippen molar-refractivity contribution in [2.45, 2.75) is 11.4 Å². The Labute approximate surface area is 191 Å². The molecule has 0 unspecified atom stereocenters. The van der Waals surface area contributed by atoms with Gasteiger partial charge in [-0.1, -0.05) is 6.07 Å². The summed E-state index contributed by atoms with van der Waals surface area (Å²) in [5.41, 5.74) is 2.79. The van der Waals surface area contributed by atoms with E-state index in [2.05, 4.69) is 15.6 Å². The number of pyridine rings is 1. The van der Waals surface area contributed by atoms with E-state index in [1.54, 1.807) is 51.7 Å². The molecule has 10 heteroatoms. The summed E-state index contributed by atoms with van der Waals surface area (Å²) in [5.74, 6) is 0.556. The summed E-state index contributed by atoms with van der Waals surface area (Å²) >= 11 is 0. The first-order chi connectivity index (χ1) is 15.9. The molecule has 2 heterocycles. The molecular weight excluding hydrogens is 447 g/mol. The minimum Gasteiger partial charge on any atom is -0.497 e. The van der Waals surface area contributed by atoms with Gasteiger partial charge < -0.3 is 20.1 Å². The summed E-state index contributed by atoms with van der Waals surface area (Å²) in [6.07, 6.45) is 3.12. The predicted molar refractivity (Wildman–Crippen MR) is 124 cm³/mol. The zero-order valence-corrected chi connectivity index (χ0v) is 19.1. The maximum absolute atomic E-state index is 13.8. The molecule has 2 N–H and O–H groups in total. The van der Waals surface area contributed by atoms with Crippen molar-refractivity contribution < 1.29 is 22.3 Å². The van der Waals surface area contributed by atoms with E-state index in [9.17, 15) is 12.8 Å². The van der Waals surface area contributed by atoms with E-state index in [0.29, 0.717) is 46.0 Å². The Bertz CT molecular complexity index is 1420. The minimum atomic E-state index is -4.06. The maximum atomic E-state index is 13.8. The largest absolute Gasteiger partial charge is 0.497 e. The highest BCUT2D eigenvalue weighted by molar-refractivity contribution is 7.90. The number of nitrogens with one attached hydrogen (secondary N) is 2. The Hall–Kier alpha value is -3.63. The van der Waals surface area contributed by atoms with E-state index in [1.807, 2.05) is 0 Å². The Kier molecular flexibility index (Phi) is 6.21.